The predicted molar refractivity (Wildman–Crippen MR) is 372 cm³/mol. The second kappa shape index (κ2) is 17.9. The molecule has 4 heterocycles. The van der Waals surface area contributed by atoms with Gasteiger partial charge in [0.2, 0.25) is 0 Å². The van der Waals surface area contributed by atoms with E-state index in [1.807, 2.05) is 0 Å². The van der Waals surface area contributed by atoms with Gasteiger partial charge in [-0.05, 0) is 174 Å². The Bertz CT molecular complexity index is 6150. The molecule has 0 spiro atoms. The van der Waals surface area contributed by atoms with Crippen molar-refractivity contribution in [3.8, 4) is 67.3 Å². The van der Waals surface area contributed by atoms with E-state index in [9.17, 15) is 0 Å². The zero-order valence-corrected chi connectivity index (χ0v) is 47.7. The molecule has 0 aliphatic heterocycles. The molecule has 20 rings (SSSR count). The molecule has 1 aliphatic rings. The molecule has 0 saturated heterocycles. The molecule has 0 N–H and O–H groups in total. The maximum Gasteiger partial charge on any atom is 0.0547 e. The maximum atomic E-state index is 2.55. The summed E-state index contributed by atoms with van der Waals surface area (Å²) in [6.07, 6.45) is 0. The van der Waals surface area contributed by atoms with Crippen molar-refractivity contribution in [2.75, 3.05) is 0 Å². The average molecular weight is 1120 g/mol. The molecular weight excluding hydrogens is 1060 g/mol. The van der Waals surface area contributed by atoms with Crippen LogP contribution in [0.4, 0.5) is 0 Å². The van der Waals surface area contributed by atoms with Crippen LogP contribution in [0.3, 0.4) is 0 Å². The van der Waals surface area contributed by atoms with Crippen molar-refractivity contribution in [1.29, 1.82) is 0 Å². The van der Waals surface area contributed by atoms with Crippen molar-refractivity contribution in [2.45, 2.75) is 0 Å². The van der Waals surface area contributed by atoms with Crippen LogP contribution in [0.15, 0.2) is 303 Å². The van der Waals surface area contributed by atoms with Crippen LogP contribution in [0.2, 0.25) is 0 Å². The SMILES string of the molecule is c1ccc2c(c1)-c1cc3c4ccccc4c4ccccc4c3cc1-c1ccc(-n3c4ccccc4c4cc(-n5c6ccccc6c6ccccc65)ccc43)cc1-c1cccc(-n3c4ccccc4c4cc(-n5c6ccccc6c6ccccc65)ccc43)c1-2. The van der Waals surface area contributed by atoms with Crippen LogP contribution in [0.5, 0.6) is 0 Å². The third-order valence-corrected chi connectivity index (χ3v) is 19.5. The number of rotatable bonds is 4. The highest BCUT2D eigenvalue weighted by Crippen LogP contribution is 2.53. The highest BCUT2D eigenvalue weighted by atomic mass is 15.0. The minimum Gasteiger partial charge on any atom is -0.309 e. The summed E-state index contributed by atoms with van der Waals surface area (Å²) in [6, 6.07) is 114. The first-order chi connectivity index (χ1) is 43.7. The lowest BCUT2D eigenvalue weighted by Crippen LogP contribution is -2.04. The summed E-state index contributed by atoms with van der Waals surface area (Å²) in [5.41, 5.74) is 23.5. The Kier molecular flexibility index (Phi) is 9.69. The molecule has 19 aromatic rings. The summed E-state index contributed by atoms with van der Waals surface area (Å²) in [4.78, 5) is 0. The van der Waals surface area contributed by atoms with Gasteiger partial charge in [-0.15, -0.1) is 0 Å². The van der Waals surface area contributed by atoms with Gasteiger partial charge in [-0.3, -0.25) is 0 Å². The molecule has 4 aromatic heterocycles. The molecular formula is C84H50N4. The summed E-state index contributed by atoms with van der Waals surface area (Å²) < 4.78 is 9.92. The molecule has 0 bridgehead atoms. The van der Waals surface area contributed by atoms with E-state index in [-0.39, 0.29) is 0 Å². The number of fused-ring (bicyclic) bond motifs is 26. The number of hydrogen-bond donors (Lipinski definition) is 0. The molecule has 0 atom stereocenters. The Morgan fingerprint density at radius 3 is 0.898 bits per heavy atom. The Labute approximate surface area is 505 Å². The van der Waals surface area contributed by atoms with Crippen LogP contribution in [-0.2, 0) is 0 Å². The summed E-state index contributed by atoms with van der Waals surface area (Å²) in [7, 11) is 0. The van der Waals surface area contributed by atoms with E-state index in [1.165, 1.54) is 142 Å². The zero-order valence-electron chi connectivity index (χ0n) is 47.7. The Morgan fingerprint density at radius 1 is 0.148 bits per heavy atom. The monoisotopic (exact) mass is 1110 g/mol. The van der Waals surface area contributed by atoms with Crippen LogP contribution < -0.4 is 0 Å². The third-order valence-electron chi connectivity index (χ3n) is 19.5. The Hall–Kier alpha value is -11.7. The lowest BCUT2D eigenvalue weighted by atomic mass is 9.78. The van der Waals surface area contributed by atoms with E-state index < -0.39 is 0 Å². The summed E-state index contributed by atoms with van der Waals surface area (Å²) in [5, 5.41) is 17.4. The van der Waals surface area contributed by atoms with Crippen molar-refractivity contribution in [3.05, 3.63) is 303 Å². The minimum atomic E-state index is 1.10. The van der Waals surface area contributed by atoms with Gasteiger partial charge in [0.25, 0.3) is 0 Å². The fourth-order valence-electron chi connectivity index (χ4n) is 15.8. The van der Waals surface area contributed by atoms with Crippen LogP contribution in [-0.4, -0.2) is 18.3 Å². The second-order valence-electron chi connectivity index (χ2n) is 23.9. The quantitative estimate of drug-likeness (QED) is 0.157. The molecule has 4 nitrogen and oxygen atoms in total. The lowest BCUT2D eigenvalue weighted by molar-refractivity contribution is 1.16. The van der Waals surface area contributed by atoms with Crippen LogP contribution >= 0.6 is 0 Å². The number of benzene rings is 15. The number of aromatic nitrogens is 4. The number of para-hydroxylation sites is 6. The normalized spacial score (nSPS) is 12.3. The minimum absolute atomic E-state index is 1.10. The molecule has 0 radical (unpaired) electrons. The molecule has 1 aliphatic carbocycles. The topological polar surface area (TPSA) is 19.7 Å². The van der Waals surface area contributed by atoms with Crippen LogP contribution in [0, 0.1) is 0 Å². The molecule has 88 heavy (non-hydrogen) atoms. The third kappa shape index (κ3) is 6.47. The Morgan fingerprint density at radius 2 is 0.443 bits per heavy atom. The summed E-state index contributed by atoms with van der Waals surface area (Å²) in [5.74, 6) is 0. The standard InChI is InChI=1S/C84H50N4/c1-3-22-56-54(20-1)55-21-2-4-23-57(55)70-50-72-59-43-40-51(87-79-37-17-11-29-64(79)73-47-52(41-44-81(73)87)85-75-33-13-7-25-60(75)61-26-8-14-34-76(61)85)46-68(59)67-32-19-39-83(84(67)66-31-6-5-24-58(66)71(72)49-69(56)70)88-80-38-18-12-30-65(80)74-48-53(42-45-82(74)88)86-77-35-15-9-27-62(77)63-28-10-16-36-78(63)86/h1-50H. The van der Waals surface area contributed by atoms with E-state index in [2.05, 4.69) is 322 Å². The van der Waals surface area contributed by atoms with Crippen LogP contribution in [0.25, 0.3) is 187 Å². The van der Waals surface area contributed by atoms with Crippen molar-refractivity contribution in [3.63, 3.8) is 0 Å². The first kappa shape index (κ1) is 47.6. The van der Waals surface area contributed by atoms with Gasteiger partial charge in [0, 0.05) is 65.7 Å². The molecule has 4 heteroatoms. The van der Waals surface area contributed by atoms with Crippen molar-refractivity contribution < 1.29 is 0 Å². The fraction of sp³-hybridized carbons (Fsp3) is 0. The van der Waals surface area contributed by atoms with Crippen molar-refractivity contribution >= 4 is 120 Å². The van der Waals surface area contributed by atoms with Gasteiger partial charge in [0.1, 0.15) is 0 Å². The average Bonchev–Trinajstić information content (AvgIpc) is 1.10. The van der Waals surface area contributed by atoms with Gasteiger partial charge in [-0.2, -0.15) is 0 Å². The van der Waals surface area contributed by atoms with Gasteiger partial charge < -0.3 is 18.3 Å². The fourth-order valence-corrected chi connectivity index (χ4v) is 15.8. The molecule has 15 aromatic carbocycles. The van der Waals surface area contributed by atoms with Gasteiger partial charge in [0.15, 0.2) is 0 Å². The summed E-state index contributed by atoms with van der Waals surface area (Å²) >= 11 is 0. The summed E-state index contributed by atoms with van der Waals surface area (Å²) in [6.45, 7) is 0. The predicted octanol–water partition coefficient (Wildman–Crippen LogP) is 22.5. The van der Waals surface area contributed by atoms with Crippen LogP contribution in [0.1, 0.15) is 0 Å². The van der Waals surface area contributed by atoms with E-state index in [4.69, 9.17) is 0 Å². The highest BCUT2D eigenvalue weighted by molar-refractivity contribution is 6.27. The molecule has 0 saturated carbocycles. The van der Waals surface area contributed by atoms with E-state index in [0.717, 1.165) is 44.8 Å². The van der Waals surface area contributed by atoms with Gasteiger partial charge in [-0.1, -0.05) is 200 Å². The van der Waals surface area contributed by atoms with Crippen molar-refractivity contribution in [2.24, 2.45) is 0 Å². The zero-order chi connectivity index (χ0) is 57.3. The molecule has 0 unspecified atom stereocenters. The second-order valence-corrected chi connectivity index (χ2v) is 23.9. The van der Waals surface area contributed by atoms with E-state index in [1.54, 1.807) is 0 Å². The largest absolute Gasteiger partial charge is 0.309 e. The lowest BCUT2D eigenvalue weighted by Gasteiger charge is -2.27. The maximum absolute atomic E-state index is 2.55. The first-order valence-corrected chi connectivity index (χ1v) is 30.5. The van der Waals surface area contributed by atoms with E-state index in [0.29, 0.717) is 0 Å². The number of nitrogens with zero attached hydrogens (tertiary/aromatic N) is 4. The number of hydrogen-bond acceptors (Lipinski definition) is 0. The molecule has 0 amide bonds. The first-order valence-electron chi connectivity index (χ1n) is 30.5. The van der Waals surface area contributed by atoms with Gasteiger partial charge >= 0.3 is 0 Å². The van der Waals surface area contributed by atoms with Gasteiger partial charge in [-0.25, -0.2) is 0 Å². The van der Waals surface area contributed by atoms with E-state index >= 15 is 0 Å². The molecule has 0 fully saturated rings. The Balaban J connectivity index is 0.874. The highest BCUT2D eigenvalue weighted by Gasteiger charge is 2.29. The smallest absolute Gasteiger partial charge is 0.0547 e. The van der Waals surface area contributed by atoms with Crippen molar-refractivity contribution in [1.82, 2.24) is 18.3 Å². The van der Waals surface area contributed by atoms with Gasteiger partial charge in [0.05, 0.1) is 49.8 Å². The molecule has 406 valence electrons.